The third kappa shape index (κ3) is 3.94. The van der Waals surface area contributed by atoms with Crippen molar-refractivity contribution in [1.82, 2.24) is 9.78 Å². The van der Waals surface area contributed by atoms with Gasteiger partial charge in [-0.2, -0.15) is 5.10 Å². The SMILES string of the molecule is Cc1nn(Cc2cccc(Cl)c2)c(C)c1NC(=O)C1CC1c1ccc(Cl)cc1. The molecule has 1 saturated carbocycles. The molecule has 144 valence electrons. The van der Waals surface area contributed by atoms with E-state index in [4.69, 9.17) is 23.2 Å². The Morgan fingerprint density at radius 2 is 1.89 bits per heavy atom. The number of aryl methyl sites for hydroxylation is 1. The third-order valence-electron chi connectivity index (χ3n) is 5.28. The molecule has 4 nitrogen and oxygen atoms in total. The van der Waals surface area contributed by atoms with Crippen LogP contribution in [0.2, 0.25) is 10.0 Å². The maximum atomic E-state index is 12.8. The summed E-state index contributed by atoms with van der Waals surface area (Å²) in [5, 5.41) is 9.11. The average molecular weight is 414 g/mol. The molecule has 1 N–H and O–H groups in total. The van der Waals surface area contributed by atoms with E-state index < -0.39 is 0 Å². The van der Waals surface area contributed by atoms with Gasteiger partial charge in [0, 0.05) is 16.0 Å². The van der Waals surface area contributed by atoms with E-state index in [1.165, 1.54) is 0 Å². The van der Waals surface area contributed by atoms with Gasteiger partial charge >= 0.3 is 0 Å². The van der Waals surface area contributed by atoms with Crippen LogP contribution in [0.4, 0.5) is 5.69 Å². The Morgan fingerprint density at radius 3 is 2.61 bits per heavy atom. The highest BCUT2D eigenvalue weighted by Gasteiger charge is 2.44. The van der Waals surface area contributed by atoms with Crippen molar-refractivity contribution in [2.75, 3.05) is 5.32 Å². The van der Waals surface area contributed by atoms with Crippen LogP contribution in [0, 0.1) is 19.8 Å². The van der Waals surface area contributed by atoms with Crippen LogP contribution in [-0.2, 0) is 11.3 Å². The van der Waals surface area contributed by atoms with Gasteiger partial charge in [0.05, 0.1) is 23.6 Å². The smallest absolute Gasteiger partial charge is 0.228 e. The van der Waals surface area contributed by atoms with Gasteiger partial charge in [-0.05, 0) is 61.6 Å². The molecule has 3 aromatic rings. The predicted octanol–water partition coefficient (Wildman–Crippen LogP) is 5.60. The standard InChI is InChI=1S/C22H21Cl2N3O/c1-13-21(14(2)27(26-13)12-15-4-3-5-18(24)10-15)25-22(28)20-11-19(20)16-6-8-17(23)9-7-16/h3-10,19-20H,11-12H2,1-2H3,(H,25,28). The summed E-state index contributed by atoms with van der Waals surface area (Å²) in [5.41, 5.74) is 4.79. The van der Waals surface area contributed by atoms with Gasteiger partial charge in [-0.25, -0.2) is 0 Å². The van der Waals surface area contributed by atoms with Gasteiger partial charge in [-0.3, -0.25) is 9.48 Å². The number of halogens is 2. The Kier molecular flexibility index (Phi) is 5.17. The zero-order chi connectivity index (χ0) is 19.8. The summed E-state index contributed by atoms with van der Waals surface area (Å²) in [6, 6.07) is 15.5. The van der Waals surface area contributed by atoms with Crippen molar-refractivity contribution >= 4 is 34.8 Å². The van der Waals surface area contributed by atoms with Crippen molar-refractivity contribution in [1.29, 1.82) is 0 Å². The Balaban J connectivity index is 1.46. The number of nitrogens with zero attached hydrogens (tertiary/aromatic N) is 2. The number of hydrogen-bond donors (Lipinski definition) is 1. The number of carbonyl (C=O) groups is 1. The Hall–Kier alpha value is -2.30. The molecule has 2 atom stereocenters. The van der Waals surface area contributed by atoms with Gasteiger partial charge in [0.15, 0.2) is 0 Å². The Bertz CT molecular complexity index is 1030. The van der Waals surface area contributed by atoms with E-state index in [0.717, 1.165) is 34.6 Å². The van der Waals surface area contributed by atoms with Gasteiger partial charge in [-0.1, -0.05) is 47.5 Å². The molecule has 28 heavy (non-hydrogen) atoms. The summed E-state index contributed by atoms with van der Waals surface area (Å²) >= 11 is 12.0. The van der Waals surface area contributed by atoms with Crippen molar-refractivity contribution in [3.8, 4) is 0 Å². The van der Waals surface area contributed by atoms with Crippen molar-refractivity contribution in [2.24, 2.45) is 5.92 Å². The quantitative estimate of drug-likeness (QED) is 0.591. The molecule has 0 saturated heterocycles. The lowest BCUT2D eigenvalue weighted by Gasteiger charge is -2.08. The molecule has 2 aromatic carbocycles. The van der Waals surface area contributed by atoms with Gasteiger partial charge in [0.1, 0.15) is 0 Å². The van der Waals surface area contributed by atoms with Crippen LogP contribution in [-0.4, -0.2) is 15.7 Å². The number of anilines is 1. The summed E-state index contributed by atoms with van der Waals surface area (Å²) in [7, 11) is 0. The zero-order valence-electron chi connectivity index (χ0n) is 15.7. The van der Waals surface area contributed by atoms with Crippen LogP contribution in [0.15, 0.2) is 48.5 Å². The minimum Gasteiger partial charge on any atom is -0.323 e. The molecule has 1 amide bonds. The molecule has 1 aliphatic rings. The fourth-order valence-electron chi connectivity index (χ4n) is 3.62. The van der Waals surface area contributed by atoms with Crippen molar-refractivity contribution in [3.05, 3.63) is 81.1 Å². The number of nitrogens with one attached hydrogen (secondary N) is 1. The monoisotopic (exact) mass is 413 g/mol. The van der Waals surface area contributed by atoms with E-state index in [0.29, 0.717) is 16.6 Å². The average Bonchev–Trinajstić information content (AvgIpc) is 3.41. The summed E-state index contributed by atoms with van der Waals surface area (Å²) in [5.74, 6) is 0.309. The molecule has 2 unspecified atom stereocenters. The highest BCUT2D eigenvalue weighted by atomic mass is 35.5. The largest absolute Gasteiger partial charge is 0.323 e. The normalized spacial score (nSPS) is 18.1. The van der Waals surface area contributed by atoms with Crippen molar-refractivity contribution in [3.63, 3.8) is 0 Å². The van der Waals surface area contributed by atoms with Crippen LogP contribution in [0.5, 0.6) is 0 Å². The third-order valence-corrected chi connectivity index (χ3v) is 5.76. The number of amides is 1. The van der Waals surface area contributed by atoms with Gasteiger partial charge < -0.3 is 5.32 Å². The van der Waals surface area contributed by atoms with E-state index in [1.54, 1.807) is 0 Å². The first-order chi connectivity index (χ1) is 13.4. The highest BCUT2D eigenvalue weighted by molar-refractivity contribution is 6.30. The van der Waals surface area contributed by atoms with E-state index >= 15 is 0 Å². The number of aromatic nitrogens is 2. The lowest BCUT2D eigenvalue weighted by atomic mass is 10.1. The summed E-state index contributed by atoms with van der Waals surface area (Å²) in [4.78, 5) is 12.8. The van der Waals surface area contributed by atoms with Crippen LogP contribution >= 0.6 is 23.2 Å². The molecule has 0 radical (unpaired) electrons. The molecule has 0 spiro atoms. The van der Waals surface area contributed by atoms with E-state index in [1.807, 2.05) is 67.1 Å². The number of benzene rings is 2. The molecule has 1 heterocycles. The second kappa shape index (κ2) is 7.61. The minimum atomic E-state index is -0.00347. The lowest BCUT2D eigenvalue weighted by molar-refractivity contribution is -0.117. The van der Waals surface area contributed by atoms with Crippen LogP contribution in [0.25, 0.3) is 0 Å². The molecule has 4 rings (SSSR count). The van der Waals surface area contributed by atoms with Crippen LogP contribution < -0.4 is 5.32 Å². The summed E-state index contributed by atoms with van der Waals surface area (Å²) in [6.07, 6.45) is 0.863. The first-order valence-electron chi connectivity index (χ1n) is 9.27. The molecular formula is C22H21Cl2N3O. The molecule has 1 aromatic heterocycles. The zero-order valence-corrected chi connectivity index (χ0v) is 17.3. The lowest BCUT2D eigenvalue weighted by Crippen LogP contribution is -2.16. The van der Waals surface area contributed by atoms with Crippen molar-refractivity contribution in [2.45, 2.75) is 32.7 Å². The topological polar surface area (TPSA) is 46.9 Å². The highest BCUT2D eigenvalue weighted by Crippen LogP contribution is 2.48. The Labute approximate surface area is 174 Å². The summed E-state index contributed by atoms with van der Waals surface area (Å²) in [6.45, 7) is 4.50. The van der Waals surface area contributed by atoms with Gasteiger partial charge in [0.25, 0.3) is 0 Å². The second-order valence-electron chi connectivity index (χ2n) is 7.32. The van der Waals surface area contributed by atoms with Crippen LogP contribution in [0.1, 0.15) is 34.9 Å². The maximum absolute atomic E-state index is 12.8. The maximum Gasteiger partial charge on any atom is 0.228 e. The van der Waals surface area contributed by atoms with E-state index in [-0.39, 0.29) is 17.7 Å². The molecular weight excluding hydrogens is 393 g/mol. The Morgan fingerprint density at radius 1 is 1.14 bits per heavy atom. The van der Waals surface area contributed by atoms with E-state index in [2.05, 4.69) is 10.4 Å². The molecule has 1 aliphatic carbocycles. The number of rotatable bonds is 5. The molecule has 1 fully saturated rings. The van der Waals surface area contributed by atoms with Crippen LogP contribution in [0.3, 0.4) is 0 Å². The molecule has 6 heteroatoms. The second-order valence-corrected chi connectivity index (χ2v) is 8.20. The molecule has 0 bridgehead atoms. The van der Waals surface area contributed by atoms with Crippen molar-refractivity contribution < 1.29 is 4.79 Å². The van der Waals surface area contributed by atoms with Gasteiger partial charge in [0.2, 0.25) is 5.91 Å². The number of carbonyl (C=O) groups excluding carboxylic acids is 1. The van der Waals surface area contributed by atoms with E-state index in [9.17, 15) is 4.79 Å². The summed E-state index contributed by atoms with van der Waals surface area (Å²) < 4.78 is 1.90. The van der Waals surface area contributed by atoms with Gasteiger partial charge in [-0.15, -0.1) is 0 Å². The fourth-order valence-corrected chi connectivity index (χ4v) is 3.96. The first kappa shape index (κ1) is 19.0. The fraction of sp³-hybridized carbons (Fsp3) is 0.273. The number of hydrogen-bond acceptors (Lipinski definition) is 2. The molecule has 0 aliphatic heterocycles. The minimum absolute atomic E-state index is 0.00347. The predicted molar refractivity (Wildman–Crippen MR) is 113 cm³/mol. The first-order valence-corrected chi connectivity index (χ1v) is 10.0.